The normalized spacial score (nSPS) is 20.5. The van der Waals surface area contributed by atoms with Crippen molar-refractivity contribution in [2.45, 2.75) is 13.0 Å². The van der Waals surface area contributed by atoms with Crippen molar-refractivity contribution in [3.8, 4) is 0 Å². The lowest BCUT2D eigenvalue weighted by atomic mass is 10.1. The van der Waals surface area contributed by atoms with Gasteiger partial charge in [0.05, 0.1) is 11.0 Å². The van der Waals surface area contributed by atoms with Crippen LogP contribution in [0.4, 0.5) is 5.69 Å². The number of rotatable bonds is 6. The summed E-state index contributed by atoms with van der Waals surface area (Å²) in [5.74, 6) is 0. The van der Waals surface area contributed by atoms with Crippen LogP contribution < -0.4 is 0 Å². The van der Waals surface area contributed by atoms with Crippen LogP contribution in [0.1, 0.15) is 18.6 Å². The Labute approximate surface area is 113 Å². The number of benzene rings is 1. The molecule has 2 heterocycles. The van der Waals surface area contributed by atoms with Crippen molar-refractivity contribution in [2.24, 2.45) is 0 Å². The fraction of sp³-hybridized carbons (Fsp3) is 0.500. The van der Waals surface area contributed by atoms with Crippen LogP contribution >= 0.6 is 8.45 Å². The molecule has 2 aliphatic heterocycles. The largest absolute Gasteiger partial charge is 0.323 e. The van der Waals surface area contributed by atoms with Crippen molar-refractivity contribution in [1.82, 2.24) is 9.34 Å². The lowest BCUT2D eigenvalue weighted by Crippen LogP contribution is -2.06. The molecule has 1 aromatic rings. The van der Waals surface area contributed by atoms with Gasteiger partial charge >= 0.3 is 0 Å². The SMILES string of the molecule is CC(OP(N1CC1)N1CC1)c1ccc([N+](=O)[O-])cc1. The number of hydrogen-bond donors (Lipinski definition) is 0. The maximum absolute atomic E-state index is 10.6. The topological polar surface area (TPSA) is 58.4 Å². The summed E-state index contributed by atoms with van der Waals surface area (Å²) in [7, 11) is -0.607. The summed E-state index contributed by atoms with van der Waals surface area (Å²) in [5.41, 5.74) is 1.11. The molecule has 1 aromatic carbocycles. The summed E-state index contributed by atoms with van der Waals surface area (Å²) in [6.45, 7) is 6.48. The predicted molar refractivity (Wildman–Crippen MR) is 72.7 cm³/mol. The van der Waals surface area contributed by atoms with Crippen LogP contribution in [-0.4, -0.2) is 40.4 Å². The van der Waals surface area contributed by atoms with Crippen LogP contribution in [0.2, 0.25) is 0 Å². The molecule has 7 heteroatoms. The van der Waals surface area contributed by atoms with Gasteiger partial charge < -0.3 is 4.52 Å². The quantitative estimate of drug-likeness (QED) is 0.347. The maximum Gasteiger partial charge on any atom is 0.269 e. The van der Waals surface area contributed by atoms with E-state index in [-0.39, 0.29) is 16.7 Å². The Bertz CT molecular complexity index is 462. The van der Waals surface area contributed by atoms with Crippen LogP contribution in [0.5, 0.6) is 0 Å². The smallest absolute Gasteiger partial charge is 0.269 e. The molecule has 0 amide bonds. The zero-order valence-electron chi connectivity index (χ0n) is 10.7. The molecule has 0 N–H and O–H groups in total. The minimum absolute atomic E-state index is 0.0342. The molecule has 0 bridgehead atoms. The molecular weight excluding hydrogens is 265 g/mol. The molecule has 102 valence electrons. The minimum atomic E-state index is -0.607. The van der Waals surface area contributed by atoms with Crippen LogP contribution in [0.25, 0.3) is 0 Å². The number of hydrogen-bond acceptors (Lipinski definition) is 5. The van der Waals surface area contributed by atoms with E-state index in [1.807, 2.05) is 6.92 Å². The first-order valence-corrected chi connectivity index (χ1v) is 7.52. The highest BCUT2D eigenvalue weighted by Crippen LogP contribution is 2.55. The Hall–Kier alpha value is -1.07. The molecule has 3 rings (SSSR count). The van der Waals surface area contributed by atoms with Crippen molar-refractivity contribution < 1.29 is 9.45 Å². The van der Waals surface area contributed by atoms with Gasteiger partial charge in [0.25, 0.3) is 5.69 Å². The monoisotopic (exact) mass is 281 g/mol. The standard InChI is InChI=1S/C12H16N3O3P/c1-10(11-2-4-12(5-3-11)15(16)17)18-19(13-6-7-13)14-8-9-14/h2-5,10H,6-9H2,1H3. The van der Waals surface area contributed by atoms with Crippen molar-refractivity contribution in [2.75, 3.05) is 26.2 Å². The minimum Gasteiger partial charge on any atom is -0.323 e. The van der Waals surface area contributed by atoms with E-state index >= 15 is 0 Å². The van der Waals surface area contributed by atoms with Gasteiger partial charge in [0.2, 0.25) is 0 Å². The molecule has 2 aliphatic rings. The number of non-ortho nitro benzene ring substituents is 1. The van der Waals surface area contributed by atoms with Crippen LogP contribution in [0.3, 0.4) is 0 Å². The Morgan fingerprint density at radius 3 is 2.16 bits per heavy atom. The van der Waals surface area contributed by atoms with E-state index in [0.717, 1.165) is 31.7 Å². The average molecular weight is 281 g/mol. The fourth-order valence-corrected chi connectivity index (χ4v) is 3.71. The van der Waals surface area contributed by atoms with Crippen LogP contribution in [0, 0.1) is 10.1 Å². The highest BCUT2D eigenvalue weighted by Gasteiger charge is 2.40. The maximum atomic E-state index is 10.6. The Balaban J connectivity index is 1.65. The van der Waals surface area contributed by atoms with Gasteiger partial charge in [-0.05, 0) is 24.6 Å². The molecule has 0 radical (unpaired) electrons. The predicted octanol–water partition coefficient (Wildman–Crippen LogP) is 2.53. The zero-order chi connectivity index (χ0) is 13.4. The second kappa shape index (κ2) is 5.13. The van der Waals surface area contributed by atoms with E-state index in [1.54, 1.807) is 12.1 Å². The number of nitro groups is 1. The lowest BCUT2D eigenvalue weighted by molar-refractivity contribution is -0.384. The fourth-order valence-electron chi connectivity index (χ4n) is 1.81. The molecule has 0 aromatic heterocycles. The lowest BCUT2D eigenvalue weighted by Gasteiger charge is -2.23. The second-order valence-electron chi connectivity index (χ2n) is 4.76. The van der Waals surface area contributed by atoms with Crippen molar-refractivity contribution in [1.29, 1.82) is 0 Å². The average Bonchev–Trinajstić information content (AvgIpc) is 3.29. The molecule has 1 unspecified atom stereocenters. The third-order valence-corrected chi connectivity index (χ3v) is 5.43. The van der Waals surface area contributed by atoms with Gasteiger partial charge in [-0.3, -0.25) is 10.1 Å². The zero-order valence-corrected chi connectivity index (χ0v) is 11.6. The van der Waals surface area contributed by atoms with E-state index in [9.17, 15) is 10.1 Å². The van der Waals surface area contributed by atoms with Gasteiger partial charge in [-0.25, -0.2) is 9.34 Å². The van der Waals surface area contributed by atoms with Gasteiger partial charge in [-0.15, -0.1) is 0 Å². The van der Waals surface area contributed by atoms with Gasteiger partial charge in [0.1, 0.15) is 0 Å². The molecule has 2 fully saturated rings. The molecule has 1 atom stereocenters. The first-order valence-electron chi connectivity index (χ1n) is 6.36. The number of nitro benzene ring substituents is 1. The Morgan fingerprint density at radius 1 is 1.21 bits per heavy atom. The first-order chi connectivity index (χ1) is 9.15. The third kappa shape index (κ3) is 3.09. The molecule has 0 spiro atoms. The summed E-state index contributed by atoms with van der Waals surface area (Å²) < 4.78 is 10.8. The molecule has 6 nitrogen and oxygen atoms in total. The van der Waals surface area contributed by atoms with Crippen LogP contribution in [-0.2, 0) is 4.52 Å². The summed E-state index contributed by atoms with van der Waals surface area (Å²) >= 11 is 0. The molecule has 19 heavy (non-hydrogen) atoms. The molecular formula is C12H16N3O3P. The third-order valence-electron chi connectivity index (χ3n) is 3.16. The Morgan fingerprint density at radius 2 is 1.74 bits per heavy atom. The van der Waals surface area contributed by atoms with Gasteiger partial charge in [-0.1, -0.05) is 0 Å². The first kappa shape index (κ1) is 12.9. The second-order valence-corrected chi connectivity index (χ2v) is 6.60. The molecule has 0 saturated carbocycles. The summed E-state index contributed by atoms with van der Waals surface area (Å²) in [5, 5.41) is 10.6. The summed E-state index contributed by atoms with van der Waals surface area (Å²) in [4.78, 5) is 10.2. The summed E-state index contributed by atoms with van der Waals surface area (Å²) in [6.07, 6.45) is -0.0342. The highest BCUT2D eigenvalue weighted by atomic mass is 31.2. The summed E-state index contributed by atoms with van der Waals surface area (Å²) in [6, 6.07) is 6.63. The van der Waals surface area contributed by atoms with Gasteiger partial charge in [0, 0.05) is 38.3 Å². The Kier molecular flexibility index (Phi) is 3.50. The molecule has 0 aliphatic carbocycles. The van der Waals surface area contributed by atoms with Crippen LogP contribution in [0.15, 0.2) is 24.3 Å². The van der Waals surface area contributed by atoms with E-state index in [4.69, 9.17) is 4.52 Å². The van der Waals surface area contributed by atoms with Gasteiger partial charge in [-0.2, -0.15) is 0 Å². The van der Waals surface area contributed by atoms with Crippen molar-refractivity contribution >= 4 is 14.1 Å². The van der Waals surface area contributed by atoms with Crippen molar-refractivity contribution in [3.63, 3.8) is 0 Å². The van der Waals surface area contributed by atoms with Gasteiger partial charge in [0.15, 0.2) is 8.45 Å². The van der Waals surface area contributed by atoms with E-state index < -0.39 is 8.45 Å². The van der Waals surface area contributed by atoms with E-state index in [1.165, 1.54) is 12.1 Å². The highest BCUT2D eigenvalue weighted by molar-refractivity contribution is 7.48. The van der Waals surface area contributed by atoms with E-state index in [0.29, 0.717) is 0 Å². The van der Waals surface area contributed by atoms with E-state index in [2.05, 4.69) is 9.34 Å². The number of nitrogens with zero attached hydrogens (tertiary/aromatic N) is 3. The van der Waals surface area contributed by atoms with Crippen molar-refractivity contribution in [3.05, 3.63) is 39.9 Å². The molecule has 2 saturated heterocycles.